The first-order valence-electron chi connectivity index (χ1n) is 5.73. The van der Waals surface area contributed by atoms with Crippen molar-refractivity contribution in [2.24, 2.45) is 5.92 Å². The molecule has 4 nitrogen and oxygen atoms in total. The summed E-state index contributed by atoms with van der Waals surface area (Å²) in [6.07, 6.45) is 0.533. The van der Waals surface area contributed by atoms with Crippen molar-refractivity contribution >= 4 is 10.0 Å². The topological polar surface area (TPSA) is 66.4 Å². The zero-order valence-electron chi connectivity index (χ0n) is 10.5. The van der Waals surface area contributed by atoms with Gasteiger partial charge in [0.25, 0.3) is 0 Å². The van der Waals surface area contributed by atoms with Crippen molar-refractivity contribution < 1.29 is 17.9 Å². The van der Waals surface area contributed by atoms with Gasteiger partial charge in [0.15, 0.2) is 0 Å². The van der Waals surface area contributed by atoms with Crippen molar-refractivity contribution in [1.82, 2.24) is 4.72 Å². The van der Waals surface area contributed by atoms with E-state index < -0.39 is 15.8 Å². The highest BCUT2D eigenvalue weighted by Crippen LogP contribution is 2.14. The highest BCUT2D eigenvalue weighted by atomic mass is 32.2. The second-order valence-corrected chi connectivity index (χ2v) is 6.15. The summed E-state index contributed by atoms with van der Waals surface area (Å²) in [5, 5.41) is 8.73. The van der Waals surface area contributed by atoms with E-state index in [2.05, 4.69) is 4.72 Å². The maximum atomic E-state index is 13.1. The number of nitrogens with one attached hydrogen (secondary N) is 1. The van der Waals surface area contributed by atoms with Crippen LogP contribution in [0.4, 0.5) is 4.39 Å². The summed E-state index contributed by atoms with van der Waals surface area (Å²) in [5.74, 6) is -0.381. The van der Waals surface area contributed by atoms with Gasteiger partial charge in [0.1, 0.15) is 5.82 Å². The van der Waals surface area contributed by atoms with Crippen LogP contribution in [0.5, 0.6) is 0 Å². The summed E-state index contributed by atoms with van der Waals surface area (Å²) in [6, 6.07) is 3.68. The fourth-order valence-electron chi connectivity index (χ4n) is 1.44. The van der Waals surface area contributed by atoms with Gasteiger partial charge in [-0.3, -0.25) is 0 Å². The van der Waals surface area contributed by atoms with Gasteiger partial charge >= 0.3 is 0 Å². The lowest BCUT2D eigenvalue weighted by Crippen LogP contribution is -2.28. The summed E-state index contributed by atoms with van der Waals surface area (Å²) in [6.45, 7) is 3.63. The van der Waals surface area contributed by atoms with Crippen LogP contribution in [0, 0.1) is 18.7 Å². The summed E-state index contributed by atoms with van der Waals surface area (Å²) in [7, 11) is -3.61. The molecule has 0 radical (unpaired) electrons. The predicted molar refractivity (Wildman–Crippen MR) is 67.2 cm³/mol. The lowest BCUT2D eigenvalue weighted by molar-refractivity contribution is 0.263. The fraction of sp³-hybridized carbons (Fsp3) is 0.500. The van der Waals surface area contributed by atoms with Crippen LogP contribution < -0.4 is 4.72 Å². The first kappa shape index (κ1) is 15.1. The minimum absolute atomic E-state index is 0.0263. The van der Waals surface area contributed by atoms with E-state index in [1.807, 2.05) is 6.92 Å². The molecule has 6 heteroatoms. The second kappa shape index (κ2) is 6.26. The smallest absolute Gasteiger partial charge is 0.240 e. The Hall–Kier alpha value is -0.980. The number of hydrogen-bond acceptors (Lipinski definition) is 3. The molecule has 0 aromatic heterocycles. The predicted octanol–water partition coefficient (Wildman–Crippen LogP) is 1.43. The number of aliphatic hydroxyl groups is 1. The van der Waals surface area contributed by atoms with Crippen LogP contribution >= 0.6 is 0 Å². The van der Waals surface area contributed by atoms with E-state index >= 15 is 0 Å². The molecular formula is C12H18FNO3S. The molecule has 1 atom stereocenters. The highest BCUT2D eigenvalue weighted by molar-refractivity contribution is 7.89. The van der Waals surface area contributed by atoms with E-state index in [9.17, 15) is 12.8 Å². The molecule has 0 fully saturated rings. The van der Waals surface area contributed by atoms with Crippen LogP contribution in [0.3, 0.4) is 0 Å². The Morgan fingerprint density at radius 3 is 2.67 bits per heavy atom. The summed E-state index contributed by atoms with van der Waals surface area (Å²) in [4.78, 5) is 0.0533. The lowest BCUT2D eigenvalue weighted by atomic mass is 10.1. The normalized spacial score (nSPS) is 13.6. The summed E-state index contributed by atoms with van der Waals surface area (Å²) < 4.78 is 39.3. The number of halogens is 1. The molecule has 0 aliphatic carbocycles. The molecule has 0 saturated carbocycles. The Balaban J connectivity index is 2.77. The third-order valence-electron chi connectivity index (χ3n) is 2.68. The van der Waals surface area contributed by atoms with Gasteiger partial charge in [-0.05, 0) is 43.0 Å². The maximum Gasteiger partial charge on any atom is 0.240 e. The van der Waals surface area contributed by atoms with Gasteiger partial charge < -0.3 is 5.11 Å². The van der Waals surface area contributed by atoms with E-state index in [0.29, 0.717) is 12.0 Å². The van der Waals surface area contributed by atoms with Crippen LogP contribution in [0.15, 0.2) is 23.1 Å². The van der Waals surface area contributed by atoms with Gasteiger partial charge in [-0.2, -0.15) is 0 Å². The van der Waals surface area contributed by atoms with E-state index in [1.54, 1.807) is 0 Å². The maximum absolute atomic E-state index is 13.1. The molecular weight excluding hydrogens is 257 g/mol. The molecule has 1 rings (SSSR count). The second-order valence-electron chi connectivity index (χ2n) is 4.38. The summed E-state index contributed by atoms with van der Waals surface area (Å²) in [5.41, 5.74) is 0.293. The van der Waals surface area contributed by atoms with Gasteiger partial charge in [-0.15, -0.1) is 0 Å². The molecule has 1 aromatic carbocycles. The molecule has 2 N–H and O–H groups in total. The van der Waals surface area contributed by atoms with E-state index in [4.69, 9.17) is 5.11 Å². The van der Waals surface area contributed by atoms with E-state index in [0.717, 1.165) is 6.07 Å². The van der Waals surface area contributed by atoms with Gasteiger partial charge in [0.05, 0.1) is 4.90 Å². The Labute approximate surface area is 107 Å². The van der Waals surface area contributed by atoms with E-state index in [1.165, 1.54) is 19.1 Å². The Morgan fingerprint density at radius 1 is 1.44 bits per heavy atom. The molecule has 102 valence electrons. The molecule has 0 saturated heterocycles. The third-order valence-corrected chi connectivity index (χ3v) is 4.10. The van der Waals surface area contributed by atoms with Crippen LogP contribution in [-0.2, 0) is 10.0 Å². The lowest BCUT2D eigenvalue weighted by Gasteiger charge is -2.12. The minimum Gasteiger partial charge on any atom is -0.396 e. The van der Waals surface area contributed by atoms with E-state index in [-0.39, 0.29) is 24.0 Å². The van der Waals surface area contributed by atoms with Crippen molar-refractivity contribution in [2.45, 2.75) is 25.2 Å². The first-order valence-corrected chi connectivity index (χ1v) is 7.22. The largest absolute Gasteiger partial charge is 0.396 e. The van der Waals surface area contributed by atoms with Crippen molar-refractivity contribution in [2.75, 3.05) is 13.2 Å². The van der Waals surface area contributed by atoms with Gasteiger partial charge in [0.2, 0.25) is 10.0 Å². The molecule has 0 spiro atoms. The number of benzene rings is 1. The average molecular weight is 275 g/mol. The minimum atomic E-state index is -3.61. The molecule has 0 aliphatic rings. The molecule has 0 aliphatic heterocycles. The zero-order chi connectivity index (χ0) is 13.8. The van der Waals surface area contributed by atoms with Crippen molar-refractivity contribution in [3.05, 3.63) is 29.6 Å². The zero-order valence-corrected chi connectivity index (χ0v) is 11.3. The molecule has 0 bridgehead atoms. The quantitative estimate of drug-likeness (QED) is 0.825. The SMILES string of the molecule is Cc1cc(S(=O)(=O)NCC(C)CCO)ccc1F. The molecule has 1 unspecified atom stereocenters. The Bertz CT molecular complexity index is 502. The van der Waals surface area contributed by atoms with Gasteiger partial charge in [0, 0.05) is 13.2 Å². The monoisotopic (exact) mass is 275 g/mol. The Kier molecular flexibility index (Phi) is 5.25. The number of sulfonamides is 1. The Morgan fingerprint density at radius 2 is 2.11 bits per heavy atom. The molecule has 18 heavy (non-hydrogen) atoms. The number of aryl methyl sites for hydroxylation is 1. The van der Waals surface area contributed by atoms with Crippen LogP contribution in [-0.4, -0.2) is 26.7 Å². The van der Waals surface area contributed by atoms with Crippen LogP contribution in [0.25, 0.3) is 0 Å². The highest BCUT2D eigenvalue weighted by Gasteiger charge is 2.16. The number of aliphatic hydroxyl groups excluding tert-OH is 1. The standard InChI is InChI=1S/C12H18FNO3S/c1-9(5-6-15)8-14-18(16,17)11-3-4-12(13)10(2)7-11/h3-4,7,9,14-15H,5-6,8H2,1-2H3. The van der Waals surface area contributed by atoms with Gasteiger partial charge in [-0.25, -0.2) is 17.5 Å². The molecule has 0 heterocycles. The third kappa shape index (κ3) is 4.04. The van der Waals surface area contributed by atoms with Crippen LogP contribution in [0.1, 0.15) is 18.9 Å². The van der Waals surface area contributed by atoms with Crippen molar-refractivity contribution in [3.8, 4) is 0 Å². The average Bonchev–Trinajstić information content (AvgIpc) is 2.30. The first-order chi connectivity index (χ1) is 8.36. The van der Waals surface area contributed by atoms with Crippen LogP contribution in [0.2, 0.25) is 0 Å². The van der Waals surface area contributed by atoms with Crippen molar-refractivity contribution in [3.63, 3.8) is 0 Å². The fourth-order valence-corrected chi connectivity index (χ4v) is 2.69. The number of rotatable bonds is 6. The van der Waals surface area contributed by atoms with Gasteiger partial charge in [-0.1, -0.05) is 6.92 Å². The molecule has 1 aromatic rings. The summed E-state index contributed by atoms with van der Waals surface area (Å²) >= 11 is 0. The number of hydrogen-bond donors (Lipinski definition) is 2. The van der Waals surface area contributed by atoms with Crippen molar-refractivity contribution in [1.29, 1.82) is 0 Å². The molecule has 0 amide bonds.